The van der Waals surface area contributed by atoms with Gasteiger partial charge in [0.1, 0.15) is 0 Å². The SMILES string of the molecule is CC(C)CCCC(C)NC(N)=NCc1cccs1. The molecule has 1 aromatic heterocycles. The van der Waals surface area contributed by atoms with Crippen LogP contribution < -0.4 is 11.1 Å². The van der Waals surface area contributed by atoms with Crippen LogP contribution in [0.25, 0.3) is 0 Å². The fourth-order valence-electron chi connectivity index (χ4n) is 1.77. The largest absolute Gasteiger partial charge is 0.370 e. The summed E-state index contributed by atoms with van der Waals surface area (Å²) in [5.74, 6) is 1.34. The van der Waals surface area contributed by atoms with E-state index in [0.717, 1.165) is 12.3 Å². The second kappa shape index (κ2) is 8.14. The quantitative estimate of drug-likeness (QED) is 0.588. The molecule has 1 rings (SSSR count). The normalized spacial score (nSPS) is 13.9. The second-order valence-corrected chi connectivity index (χ2v) is 6.18. The molecule has 18 heavy (non-hydrogen) atoms. The van der Waals surface area contributed by atoms with E-state index in [0.29, 0.717) is 18.5 Å². The molecule has 1 aromatic rings. The Morgan fingerprint density at radius 2 is 2.17 bits per heavy atom. The smallest absolute Gasteiger partial charge is 0.189 e. The van der Waals surface area contributed by atoms with Crippen molar-refractivity contribution in [2.24, 2.45) is 16.6 Å². The lowest BCUT2D eigenvalue weighted by Gasteiger charge is -2.14. The van der Waals surface area contributed by atoms with Crippen molar-refractivity contribution in [3.63, 3.8) is 0 Å². The van der Waals surface area contributed by atoms with Crippen LogP contribution in [-0.2, 0) is 6.54 Å². The number of nitrogens with two attached hydrogens (primary N) is 1. The third-order valence-electron chi connectivity index (χ3n) is 2.80. The van der Waals surface area contributed by atoms with Crippen LogP contribution in [0.3, 0.4) is 0 Å². The molecule has 3 N–H and O–H groups in total. The molecule has 3 nitrogen and oxygen atoms in total. The van der Waals surface area contributed by atoms with E-state index in [4.69, 9.17) is 5.73 Å². The van der Waals surface area contributed by atoms with E-state index in [1.165, 1.54) is 17.7 Å². The van der Waals surface area contributed by atoms with Crippen molar-refractivity contribution in [1.82, 2.24) is 5.32 Å². The Morgan fingerprint density at radius 1 is 1.39 bits per heavy atom. The van der Waals surface area contributed by atoms with Crippen LogP contribution in [0.1, 0.15) is 44.9 Å². The van der Waals surface area contributed by atoms with Crippen LogP contribution in [0.2, 0.25) is 0 Å². The van der Waals surface area contributed by atoms with Gasteiger partial charge < -0.3 is 11.1 Å². The van der Waals surface area contributed by atoms with Crippen molar-refractivity contribution in [2.75, 3.05) is 0 Å². The molecule has 0 spiro atoms. The van der Waals surface area contributed by atoms with Gasteiger partial charge in [0.05, 0.1) is 6.54 Å². The standard InChI is InChI=1S/C14H25N3S/c1-11(2)6-4-7-12(3)17-14(15)16-10-13-8-5-9-18-13/h5,8-9,11-12H,4,6-7,10H2,1-3H3,(H3,15,16,17). The van der Waals surface area contributed by atoms with Crippen molar-refractivity contribution in [3.8, 4) is 0 Å². The number of nitrogens with one attached hydrogen (secondary N) is 1. The Balaban J connectivity index is 2.21. The molecule has 4 heteroatoms. The summed E-state index contributed by atoms with van der Waals surface area (Å²) in [5, 5.41) is 5.31. The average molecular weight is 267 g/mol. The predicted octanol–water partition coefficient (Wildman–Crippen LogP) is 3.37. The molecule has 0 fully saturated rings. The maximum absolute atomic E-state index is 5.87. The molecule has 0 aliphatic rings. The highest BCUT2D eigenvalue weighted by atomic mass is 32.1. The van der Waals surface area contributed by atoms with Gasteiger partial charge in [-0.2, -0.15) is 0 Å². The molecule has 102 valence electrons. The molecule has 0 radical (unpaired) electrons. The van der Waals surface area contributed by atoms with Crippen LogP contribution in [-0.4, -0.2) is 12.0 Å². The lowest BCUT2D eigenvalue weighted by Crippen LogP contribution is -2.38. The lowest BCUT2D eigenvalue weighted by molar-refractivity contribution is 0.493. The minimum absolute atomic E-state index is 0.399. The number of aliphatic imine (C=N–C) groups is 1. The summed E-state index contributed by atoms with van der Waals surface area (Å²) in [4.78, 5) is 5.59. The van der Waals surface area contributed by atoms with Crippen LogP contribution in [0.4, 0.5) is 0 Å². The summed E-state index contributed by atoms with van der Waals surface area (Å²) < 4.78 is 0. The van der Waals surface area contributed by atoms with Crippen LogP contribution in [0.15, 0.2) is 22.5 Å². The number of hydrogen-bond donors (Lipinski definition) is 2. The summed E-state index contributed by atoms with van der Waals surface area (Å²) in [6.07, 6.45) is 3.66. The first-order valence-corrected chi connectivity index (χ1v) is 7.54. The van der Waals surface area contributed by atoms with Gasteiger partial charge in [0, 0.05) is 10.9 Å². The van der Waals surface area contributed by atoms with E-state index in [1.807, 2.05) is 6.07 Å². The average Bonchev–Trinajstić information content (AvgIpc) is 2.78. The van der Waals surface area contributed by atoms with Gasteiger partial charge in [0.25, 0.3) is 0 Å². The summed E-state index contributed by atoms with van der Waals surface area (Å²) in [5.41, 5.74) is 5.87. The molecule has 0 amide bonds. The first-order chi connectivity index (χ1) is 8.58. The van der Waals surface area contributed by atoms with Gasteiger partial charge in [0.15, 0.2) is 5.96 Å². The lowest BCUT2D eigenvalue weighted by atomic mass is 10.0. The number of guanidine groups is 1. The van der Waals surface area contributed by atoms with Crippen molar-refractivity contribution in [1.29, 1.82) is 0 Å². The Kier molecular flexibility index (Phi) is 6.80. The maximum atomic E-state index is 5.87. The Labute approximate surface area is 115 Å². The summed E-state index contributed by atoms with van der Waals surface area (Å²) in [6.45, 7) is 7.35. The zero-order valence-electron chi connectivity index (χ0n) is 11.6. The predicted molar refractivity (Wildman–Crippen MR) is 80.9 cm³/mol. The van der Waals surface area contributed by atoms with Crippen molar-refractivity contribution in [2.45, 2.75) is 52.6 Å². The van der Waals surface area contributed by atoms with Gasteiger partial charge >= 0.3 is 0 Å². The molecule has 1 unspecified atom stereocenters. The first kappa shape index (κ1) is 15.0. The van der Waals surface area contributed by atoms with E-state index in [1.54, 1.807) is 11.3 Å². The van der Waals surface area contributed by atoms with Gasteiger partial charge in [-0.3, -0.25) is 0 Å². The van der Waals surface area contributed by atoms with Gasteiger partial charge in [-0.05, 0) is 30.7 Å². The molecular weight excluding hydrogens is 242 g/mol. The highest BCUT2D eigenvalue weighted by Crippen LogP contribution is 2.10. The van der Waals surface area contributed by atoms with E-state index in [9.17, 15) is 0 Å². The van der Waals surface area contributed by atoms with Gasteiger partial charge in [-0.1, -0.05) is 32.8 Å². The third-order valence-corrected chi connectivity index (χ3v) is 3.66. The molecule has 1 atom stereocenters. The topological polar surface area (TPSA) is 50.4 Å². The molecule has 0 aliphatic carbocycles. The first-order valence-electron chi connectivity index (χ1n) is 6.66. The van der Waals surface area contributed by atoms with Gasteiger partial charge in [-0.25, -0.2) is 4.99 Å². The van der Waals surface area contributed by atoms with Crippen molar-refractivity contribution < 1.29 is 0 Å². The van der Waals surface area contributed by atoms with E-state index in [-0.39, 0.29) is 0 Å². The van der Waals surface area contributed by atoms with Crippen LogP contribution in [0.5, 0.6) is 0 Å². The highest BCUT2D eigenvalue weighted by molar-refractivity contribution is 7.09. The molecule has 0 bridgehead atoms. The molecule has 0 saturated carbocycles. The zero-order valence-corrected chi connectivity index (χ0v) is 12.5. The Morgan fingerprint density at radius 3 is 2.78 bits per heavy atom. The molecule has 0 saturated heterocycles. The molecule has 0 aliphatic heterocycles. The van der Waals surface area contributed by atoms with E-state index < -0.39 is 0 Å². The summed E-state index contributed by atoms with van der Waals surface area (Å²) in [7, 11) is 0. The fraction of sp³-hybridized carbons (Fsp3) is 0.643. The summed E-state index contributed by atoms with van der Waals surface area (Å²) >= 11 is 1.71. The van der Waals surface area contributed by atoms with Crippen LogP contribution in [0, 0.1) is 5.92 Å². The minimum Gasteiger partial charge on any atom is -0.370 e. The second-order valence-electron chi connectivity index (χ2n) is 5.15. The zero-order chi connectivity index (χ0) is 13.4. The monoisotopic (exact) mass is 267 g/mol. The molecular formula is C14H25N3S. The van der Waals surface area contributed by atoms with Gasteiger partial charge in [-0.15, -0.1) is 11.3 Å². The third kappa shape index (κ3) is 6.64. The number of thiophene rings is 1. The number of rotatable bonds is 7. The number of hydrogen-bond acceptors (Lipinski definition) is 2. The highest BCUT2D eigenvalue weighted by Gasteiger charge is 2.03. The Hall–Kier alpha value is -1.03. The van der Waals surface area contributed by atoms with E-state index >= 15 is 0 Å². The number of nitrogens with zero attached hydrogens (tertiary/aromatic N) is 1. The molecule has 1 heterocycles. The maximum Gasteiger partial charge on any atom is 0.189 e. The van der Waals surface area contributed by atoms with Crippen molar-refractivity contribution in [3.05, 3.63) is 22.4 Å². The minimum atomic E-state index is 0.399. The Bertz CT molecular complexity index is 344. The fourth-order valence-corrected chi connectivity index (χ4v) is 2.40. The summed E-state index contributed by atoms with van der Waals surface area (Å²) in [6, 6.07) is 4.51. The van der Waals surface area contributed by atoms with Crippen molar-refractivity contribution >= 4 is 17.3 Å². The molecule has 0 aromatic carbocycles. The van der Waals surface area contributed by atoms with Gasteiger partial charge in [0.2, 0.25) is 0 Å². The van der Waals surface area contributed by atoms with Crippen LogP contribution >= 0.6 is 11.3 Å². The van der Waals surface area contributed by atoms with E-state index in [2.05, 4.69) is 42.5 Å².